The molecule has 166 valence electrons. The molecular formula is C21H31N3O5S. The van der Waals surface area contributed by atoms with E-state index in [1.54, 1.807) is 17.0 Å². The molecule has 2 saturated heterocycles. The number of urea groups is 1. The molecule has 2 fully saturated rings. The van der Waals surface area contributed by atoms with E-state index in [9.17, 15) is 18.0 Å². The second-order valence-corrected chi connectivity index (χ2v) is 10.6. The Hall–Kier alpha value is -2.29. The summed E-state index contributed by atoms with van der Waals surface area (Å²) in [4.78, 5) is 28.1. The molecule has 1 aromatic carbocycles. The number of rotatable bonds is 6. The summed E-state index contributed by atoms with van der Waals surface area (Å²) in [5.74, 6) is 0.832. The second kappa shape index (κ2) is 9.24. The first-order valence-corrected chi connectivity index (χ1v) is 12.3. The van der Waals surface area contributed by atoms with Gasteiger partial charge in [0.25, 0.3) is 0 Å². The summed E-state index contributed by atoms with van der Waals surface area (Å²) >= 11 is 0. The van der Waals surface area contributed by atoms with Crippen molar-refractivity contribution in [2.45, 2.75) is 44.1 Å². The van der Waals surface area contributed by atoms with Crippen LogP contribution in [-0.4, -0.2) is 64.0 Å². The van der Waals surface area contributed by atoms with Gasteiger partial charge in [0.1, 0.15) is 6.10 Å². The number of piperidine rings is 1. The van der Waals surface area contributed by atoms with Crippen LogP contribution in [0.3, 0.4) is 0 Å². The fourth-order valence-electron chi connectivity index (χ4n) is 3.88. The highest BCUT2D eigenvalue weighted by Gasteiger charge is 2.35. The number of nitrogens with one attached hydrogen (secondary N) is 1. The number of carbonyl (C=O) groups excluding carboxylic acids is 2. The zero-order chi connectivity index (χ0) is 21.9. The van der Waals surface area contributed by atoms with Crippen molar-refractivity contribution in [3.05, 3.63) is 24.3 Å². The van der Waals surface area contributed by atoms with Crippen LogP contribution in [0.4, 0.5) is 15.3 Å². The van der Waals surface area contributed by atoms with Gasteiger partial charge in [-0.2, -0.15) is 0 Å². The first-order valence-electron chi connectivity index (χ1n) is 10.4. The number of likely N-dealkylation sites (tertiary alicyclic amines) is 1. The van der Waals surface area contributed by atoms with Crippen molar-refractivity contribution in [3.8, 4) is 0 Å². The molecule has 1 N–H and O–H groups in total. The van der Waals surface area contributed by atoms with E-state index < -0.39 is 15.9 Å². The lowest BCUT2D eigenvalue weighted by molar-refractivity contribution is 0.110. The van der Waals surface area contributed by atoms with Crippen molar-refractivity contribution in [1.29, 1.82) is 0 Å². The van der Waals surface area contributed by atoms with Crippen LogP contribution in [0.5, 0.6) is 0 Å². The third-order valence-corrected chi connectivity index (χ3v) is 6.74. The Labute approximate surface area is 178 Å². The van der Waals surface area contributed by atoms with Gasteiger partial charge in [-0.3, -0.25) is 4.90 Å². The van der Waals surface area contributed by atoms with Crippen LogP contribution >= 0.6 is 0 Å². The van der Waals surface area contributed by atoms with Gasteiger partial charge in [0.05, 0.1) is 11.4 Å². The lowest BCUT2D eigenvalue weighted by atomic mass is 9.91. The van der Waals surface area contributed by atoms with Gasteiger partial charge < -0.3 is 15.0 Å². The van der Waals surface area contributed by atoms with Crippen molar-refractivity contribution >= 4 is 27.6 Å². The molecule has 30 heavy (non-hydrogen) atoms. The molecule has 2 heterocycles. The molecule has 2 aliphatic rings. The zero-order valence-electron chi connectivity index (χ0n) is 17.8. The summed E-state index contributed by atoms with van der Waals surface area (Å²) in [5, 5.41) is 2.96. The summed E-state index contributed by atoms with van der Waals surface area (Å²) in [6.45, 7) is 6.69. The average Bonchev–Trinajstić information content (AvgIpc) is 3.06. The van der Waals surface area contributed by atoms with Crippen LogP contribution in [0, 0.1) is 11.8 Å². The van der Waals surface area contributed by atoms with Crippen molar-refractivity contribution in [2.24, 2.45) is 11.8 Å². The van der Waals surface area contributed by atoms with Crippen molar-refractivity contribution in [3.63, 3.8) is 0 Å². The number of cyclic esters (lactones) is 1. The monoisotopic (exact) mass is 437 g/mol. The lowest BCUT2D eigenvalue weighted by Gasteiger charge is -2.32. The molecule has 1 atom stereocenters. The van der Waals surface area contributed by atoms with Crippen LogP contribution < -0.4 is 10.2 Å². The molecular weight excluding hydrogens is 406 g/mol. The number of sulfone groups is 1. The van der Waals surface area contributed by atoms with Crippen molar-refractivity contribution < 1.29 is 22.7 Å². The van der Waals surface area contributed by atoms with Crippen molar-refractivity contribution in [2.75, 3.05) is 37.3 Å². The maximum atomic E-state index is 12.3. The summed E-state index contributed by atoms with van der Waals surface area (Å²) in [6.07, 6.45) is 3.11. The van der Waals surface area contributed by atoms with Crippen LogP contribution in [-0.2, 0) is 14.6 Å². The Balaban J connectivity index is 1.49. The summed E-state index contributed by atoms with van der Waals surface area (Å²) in [7, 11) is -3.27. The van der Waals surface area contributed by atoms with Gasteiger partial charge in [-0.05, 0) is 55.4 Å². The minimum atomic E-state index is -3.27. The van der Waals surface area contributed by atoms with E-state index >= 15 is 0 Å². The molecule has 0 aromatic heterocycles. The van der Waals surface area contributed by atoms with Gasteiger partial charge >= 0.3 is 12.1 Å². The van der Waals surface area contributed by atoms with Gasteiger partial charge in [0.2, 0.25) is 0 Å². The Bertz CT molecular complexity index is 861. The standard InChI is InChI=1S/C21H31N3O5S/c1-15(2)13-22-20(25)23-10-8-16(9-11-23)12-18-14-24(21(26)29-18)17-4-6-19(7-5-17)30(3,27)28/h4-7,15-16,18H,8-14H2,1-3H3,(H,22,25). The molecule has 0 bridgehead atoms. The van der Waals surface area contributed by atoms with E-state index in [1.165, 1.54) is 12.1 Å². The lowest BCUT2D eigenvalue weighted by Crippen LogP contribution is -2.45. The largest absolute Gasteiger partial charge is 0.444 e. The van der Waals surface area contributed by atoms with Crippen LogP contribution in [0.2, 0.25) is 0 Å². The highest BCUT2D eigenvalue weighted by Crippen LogP contribution is 2.29. The van der Waals surface area contributed by atoms with Crippen LogP contribution in [0.15, 0.2) is 29.2 Å². The molecule has 2 aliphatic heterocycles. The first-order chi connectivity index (χ1) is 14.1. The molecule has 1 unspecified atom stereocenters. The molecule has 3 rings (SSSR count). The Morgan fingerprint density at radius 2 is 1.83 bits per heavy atom. The maximum Gasteiger partial charge on any atom is 0.414 e. The van der Waals surface area contributed by atoms with E-state index in [-0.39, 0.29) is 17.0 Å². The summed E-state index contributed by atoms with van der Waals surface area (Å²) in [6, 6.07) is 6.28. The molecule has 9 heteroatoms. The second-order valence-electron chi connectivity index (χ2n) is 8.63. The van der Waals surface area contributed by atoms with E-state index in [1.807, 2.05) is 4.90 Å². The van der Waals surface area contributed by atoms with Crippen LogP contribution in [0.25, 0.3) is 0 Å². The topological polar surface area (TPSA) is 96.0 Å². The SMILES string of the molecule is CC(C)CNC(=O)N1CCC(CC2CN(c3ccc(S(C)(=O)=O)cc3)C(=O)O2)CC1. The Morgan fingerprint density at radius 1 is 1.20 bits per heavy atom. The third kappa shape index (κ3) is 5.65. The number of anilines is 1. The molecule has 8 nitrogen and oxygen atoms in total. The highest BCUT2D eigenvalue weighted by molar-refractivity contribution is 7.90. The highest BCUT2D eigenvalue weighted by atomic mass is 32.2. The number of nitrogens with zero attached hydrogens (tertiary/aromatic N) is 2. The van der Waals surface area contributed by atoms with Gasteiger partial charge in [-0.1, -0.05) is 13.8 Å². The number of carbonyl (C=O) groups is 2. The molecule has 0 aliphatic carbocycles. The first kappa shape index (κ1) is 22.4. The average molecular weight is 438 g/mol. The van der Waals surface area contributed by atoms with E-state index in [0.717, 1.165) is 25.5 Å². The van der Waals surface area contributed by atoms with Gasteiger partial charge in [0.15, 0.2) is 9.84 Å². The fourth-order valence-corrected chi connectivity index (χ4v) is 4.51. The normalized spacial score (nSPS) is 20.5. The van der Waals surface area contributed by atoms with E-state index in [2.05, 4.69) is 19.2 Å². The van der Waals surface area contributed by atoms with Gasteiger partial charge in [-0.25, -0.2) is 18.0 Å². The Kier molecular flexibility index (Phi) is 6.90. The number of hydrogen-bond acceptors (Lipinski definition) is 5. The fraction of sp³-hybridized carbons (Fsp3) is 0.619. The quantitative estimate of drug-likeness (QED) is 0.738. The smallest absolute Gasteiger partial charge is 0.414 e. The molecule has 0 spiro atoms. The molecule has 0 radical (unpaired) electrons. The molecule has 1 aromatic rings. The molecule has 0 saturated carbocycles. The summed E-state index contributed by atoms with van der Waals surface area (Å²) in [5.41, 5.74) is 0.631. The van der Waals surface area contributed by atoms with Gasteiger partial charge in [0, 0.05) is 31.6 Å². The zero-order valence-corrected chi connectivity index (χ0v) is 18.7. The van der Waals surface area contributed by atoms with E-state index in [4.69, 9.17) is 4.74 Å². The summed E-state index contributed by atoms with van der Waals surface area (Å²) < 4.78 is 28.7. The predicted molar refractivity (Wildman–Crippen MR) is 114 cm³/mol. The van der Waals surface area contributed by atoms with Crippen LogP contribution in [0.1, 0.15) is 33.1 Å². The van der Waals surface area contributed by atoms with Crippen molar-refractivity contribution in [1.82, 2.24) is 10.2 Å². The van der Waals surface area contributed by atoms with E-state index in [0.29, 0.717) is 43.7 Å². The number of amides is 3. The van der Waals surface area contributed by atoms with Gasteiger partial charge in [-0.15, -0.1) is 0 Å². The minimum absolute atomic E-state index is 0.00170. The third-order valence-electron chi connectivity index (χ3n) is 5.61. The minimum Gasteiger partial charge on any atom is -0.444 e. The number of hydrogen-bond donors (Lipinski definition) is 1. The Morgan fingerprint density at radius 3 is 2.40 bits per heavy atom. The number of benzene rings is 1. The predicted octanol–water partition coefficient (Wildman–Crippen LogP) is 2.88. The molecule has 3 amide bonds. The maximum absolute atomic E-state index is 12.3. The number of ether oxygens (including phenoxy) is 1.